The van der Waals surface area contributed by atoms with Crippen molar-refractivity contribution in [3.8, 4) is 11.8 Å². The number of imidazole rings is 1. The summed E-state index contributed by atoms with van der Waals surface area (Å²) in [6.45, 7) is 0. The Kier molecular flexibility index (Phi) is 2.66. The second-order valence-corrected chi connectivity index (χ2v) is 4.15. The summed E-state index contributed by atoms with van der Waals surface area (Å²) < 4.78 is 1.74. The number of fused-ring (bicyclic) bond motifs is 1. The highest BCUT2D eigenvalue weighted by molar-refractivity contribution is 5.91. The number of hydrogen-bond donors (Lipinski definition) is 1. The normalized spacial score (nSPS) is 10.3. The van der Waals surface area contributed by atoms with Crippen LogP contribution in [0.2, 0.25) is 0 Å². The Bertz CT molecular complexity index is 844. The molecule has 0 amide bonds. The number of carboxylic acids is 1. The summed E-state index contributed by atoms with van der Waals surface area (Å²) in [5.41, 5.74) is 2.55. The summed E-state index contributed by atoms with van der Waals surface area (Å²) >= 11 is 0. The topological polar surface area (TPSA) is 91.8 Å². The molecule has 6 heteroatoms. The van der Waals surface area contributed by atoms with Gasteiger partial charge in [-0.1, -0.05) is 0 Å². The van der Waals surface area contributed by atoms with E-state index in [1.165, 1.54) is 12.3 Å². The van der Waals surface area contributed by atoms with Crippen LogP contribution in [0.5, 0.6) is 0 Å². The third kappa shape index (κ3) is 1.87. The van der Waals surface area contributed by atoms with Crippen molar-refractivity contribution >= 4 is 17.1 Å². The van der Waals surface area contributed by atoms with Crippen LogP contribution in [0.1, 0.15) is 15.9 Å². The van der Waals surface area contributed by atoms with Crippen molar-refractivity contribution in [3.63, 3.8) is 0 Å². The maximum Gasteiger partial charge on any atom is 0.337 e. The van der Waals surface area contributed by atoms with E-state index in [1.807, 2.05) is 0 Å². The zero-order valence-electron chi connectivity index (χ0n) is 10.2. The molecule has 0 fully saturated rings. The summed E-state index contributed by atoms with van der Waals surface area (Å²) in [6, 6.07) is 10.5. The lowest BCUT2D eigenvalue weighted by molar-refractivity contribution is 0.0696. The molecule has 0 spiro atoms. The van der Waals surface area contributed by atoms with Gasteiger partial charge in [-0.15, -0.1) is 0 Å². The maximum absolute atomic E-state index is 10.9. The molecule has 20 heavy (non-hydrogen) atoms. The average molecular weight is 264 g/mol. The largest absolute Gasteiger partial charge is 0.478 e. The SMILES string of the molecule is N#Cc1ccc(-n2cnc3cc(C(=O)O)cnc32)cc1. The van der Waals surface area contributed by atoms with Crippen molar-refractivity contribution in [2.24, 2.45) is 0 Å². The predicted octanol–water partition coefficient (Wildman–Crippen LogP) is 1.99. The summed E-state index contributed by atoms with van der Waals surface area (Å²) in [5.74, 6) is -1.03. The van der Waals surface area contributed by atoms with Crippen LogP contribution in [-0.4, -0.2) is 25.6 Å². The molecule has 1 aromatic carbocycles. The number of carboxylic acid groups (broad SMARTS) is 1. The van der Waals surface area contributed by atoms with Crippen molar-refractivity contribution in [3.05, 3.63) is 54.0 Å². The lowest BCUT2D eigenvalue weighted by Crippen LogP contribution is -1.98. The van der Waals surface area contributed by atoms with Crippen LogP contribution in [0.25, 0.3) is 16.9 Å². The number of aromatic carboxylic acids is 1. The molecule has 0 saturated carbocycles. The number of carbonyl (C=O) groups is 1. The summed E-state index contributed by atoms with van der Waals surface area (Å²) in [4.78, 5) is 19.2. The van der Waals surface area contributed by atoms with E-state index >= 15 is 0 Å². The first-order chi connectivity index (χ1) is 9.69. The minimum Gasteiger partial charge on any atom is -0.478 e. The highest BCUT2D eigenvalue weighted by atomic mass is 16.4. The summed E-state index contributed by atoms with van der Waals surface area (Å²) in [7, 11) is 0. The number of benzene rings is 1. The highest BCUT2D eigenvalue weighted by Crippen LogP contribution is 2.17. The number of rotatable bonds is 2. The number of nitrogens with zero attached hydrogens (tertiary/aromatic N) is 4. The van der Waals surface area contributed by atoms with Gasteiger partial charge in [0.25, 0.3) is 0 Å². The molecule has 0 bridgehead atoms. The molecule has 0 aliphatic heterocycles. The van der Waals surface area contributed by atoms with Crippen molar-refractivity contribution < 1.29 is 9.90 Å². The highest BCUT2D eigenvalue weighted by Gasteiger charge is 2.10. The van der Waals surface area contributed by atoms with E-state index in [-0.39, 0.29) is 5.56 Å². The fourth-order valence-electron chi connectivity index (χ4n) is 1.90. The van der Waals surface area contributed by atoms with Crippen molar-refractivity contribution in [2.75, 3.05) is 0 Å². The molecule has 3 aromatic rings. The zero-order chi connectivity index (χ0) is 14.1. The van der Waals surface area contributed by atoms with Crippen molar-refractivity contribution in [1.82, 2.24) is 14.5 Å². The fourth-order valence-corrected chi connectivity index (χ4v) is 1.90. The van der Waals surface area contributed by atoms with Gasteiger partial charge in [0.2, 0.25) is 0 Å². The molecule has 1 N–H and O–H groups in total. The van der Waals surface area contributed by atoms with Gasteiger partial charge in [0.15, 0.2) is 5.65 Å². The van der Waals surface area contributed by atoms with E-state index < -0.39 is 5.97 Å². The van der Waals surface area contributed by atoms with Crippen LogP contribution in [0.3, 0.4) is 0 Å². The average Bonchev–Trinajstić information content (AvgIpc) is 2.90. The molecule has 0 unspecified atom stereocenters. The van der Waals surface area contributed by atoms with Crippen LogP contribution < -0.4 is 0 Å². The van der Waals surface area contributed by atoms with Gasteiger partial charge < -0.3 is 5.11 Å². The molecule has 96 valence electrons. The first-order valence-electron chi connectivity index (χ1n) is 5.76. The Hall–Kier alpha value is -3.20. The van der Waals surface area contributed by atoms with Gasteiger partial charge in [0.05, 0.1) is 17.2 Å². The molecule has 0 atom stereocenters. The first kappa shape index (κ1) is 11.9. The van der Waals surface area contributed by atoms with Gasteiger partial charge in [-0.3, -0.25) is 4.57 Å². The fraction of sp³-hybridized carbons (Fsp3) is 0. The number of aromatic nitrogens is 3. The van der Waals surface area contributed by atoms with Crippen LogP contribution in [0.15, 0.2) is 42.9 Å². The molecule has 2 heterocycles. The monoisotopic (exact) mass is 264 g/mol. The van der Waals surface area contributed by atoms with E-state index in [9.17, 15) is 4.79 Å². The lowest BCUT2D eigenvalue weighted by atomic mass is 10.2. The summed E-state index contributed by atoms with van der Waals surface area (Å²) in [6.07, 6.45) is 2.87. The molecule has 2 aromatic heterocycles. The Morgan fingerprint density at radius 2 is 2.00 bits per heavy atom. The molecule has 0 saturated heterocycles. The number of hydrogen-bond acceptors (Lipinski definition) is 4. The summed E-state index contributed by atoms with van der Waals surface area (Å²) in [5, 5.41) is 17.7. The minimum atomic E-state index is -1.03. The molecule has 6 nitrogen and oxygen atoms in total. The molecule has 3 rings (SSSR count). The van der Waals surface area contributed by atoms with Gasteiger partial charge in [-0.05, 0) is 30.3 Å². The Labute approximate surface area is 113 Å². The van der Waals surface area contributed by atoms with Gasteiger partial charge in [-0.2, -0.15) is 5.26 Å². The van der Waals surface area contributed by atoms with Crippen LogP contribution >= 0.6 is 0 Å². The van der Waals surface area contributed by atoms with E-state index in [2.05, 4.69) is 16.0 Å². The second kappa shape index (κ2) is 4.48. The Morgan fingerprint density at radius 3 is 2.65 bits per heavy atom. The Balaban J connectivity index is 2.12. The van der Waals surface area contributed by atoms with E-state index in [0.29, 0.717) is 16.7 Å². The molecule has 0 radical (unpaired) electrons. The molecule has 0 aliphatic rings. The molecule has 0 aliphatic carbocycles. The van der Waals surface area contributed by atoms with Gasteiger partial charge in [0.1, 0.15) is 11.8 Å². The van der Waals surface area contributed by atoms with Gasteiger partial charge in [-0.25, -0.2) is 14.8 Å². The standard InChI is InChI=1S/C14H8N4O2/c15-6-9-1-3-11(4-2-9)18-8-17-12-5-10(14(19)20)7-16-13(12)18/h1-5,7-8H,(H,19,20). The van der Waals surface area contributed by atoms with E-state index in [4.69, 9.17) is 10.4 Å². The van der Waals surface area contributed by atoms with Crippen LogP contribution in [0, 0.1) is 11.3 Å². The van der Waals surface area contributed by atoms with Gasteiger partial charge in [0, 0.05) is 11.9 Å². The second-order valence-electron chi connectivity index (χ2n) is 4.15. The third-order valence-electron chi connectivity index (χ3n) is 2.91. The maximum atomic E-state index is 10.9. The molecular formula is C14H8N4O2. The van der Waals surface area contributed by atoms with E-state index in [1.54, 1.807) is 35.2 Å². The quantitative estimate of drug-likeness (QED) is 0.764. The Morgan fingerprint density at radius 1 is 1.25 bits per heavy atom. The van der Waals surface area contributed by atoms with Crippen molar-refractivity contribution in [2.45, 2.75) is 0 Å². The number of pyridine rings is 1. The minimum absolute atomic E-state index is 0.0996. The lowest BCUT2D eigenvalue weighted by Gasteiger charge is -2.03. The molecular weight excluding hydrogens is 256 g/mol. The number of nitriles is 1. The van der Waals surface area contributed by atoms with Gasteiger partial charge >= 0.3 is 5.97 Å². The zero-order valence-corrected chi connectivity index (χ0v) is 10.2. The first-order valence-corrected chi connectivity index (χ1v) is 5.76. The van der Waals surface area contributed by atoms with E-state index in [0.717, 1.165) is 5.69 Å². The predicted molar refractivity (Wildman–Crippen MR) is 70.5 cm³/mol. The van der Waals surface area contributed by atoms with Crippen LogP contribution in [0.4, 0.5) is 0 Å². The van der Waals surface area contributed by atoms with Crippen LogP contribution in [-0.2, 0) is 0 Å². The smallest absolute Gasteiger partial charge is 0.337 e. The van der Waals surface area contributed by atoms with Crippen molar-refractivity contribution in [1.29, 1.82) is 5.26 Å². The third-order valence-corrected chi connectivity index (χ3v) is 2.91.